The van der Waals surface area contributed by atoms with E-state index in [-0.39, 0.29) is 29.5 Å². The summed E-state index contributed by atoms with van der Waals surface area (Å²) < 4.78 is 19.5. The highest BCUT2D eigenvalue weighted by molar-refractivity contribution is 5.99. The maximum absolute atomic E-state index is 14.5. The summed E-state index contributed by atoms with van der Waals surface area (Å²) in [6.07, 6.45) is 0. The normalized spacial score (nSPS) is 19.0. The SMILES string of the molecule is COc1ccc(C(=O)N2[C@H](C)CN(C(=O)c3ccc4cc(C)[nH]c4c3)C[C@H]2C)c(F)c1. The third-order valence-corrected chi connectivity index (χ3v) is 5.85. The monoisotopic (exact) mass is 423 g/mol. The van der Waals surface area contributed by atoms with E-state index in [0.717, 1.165) is 16.6 Å². The minimum Gasteiger partial charge on any atom is -0.497 e. The maximum Gasteiger partial charge on any atom is 0.257 e. The summed E-state index contributed by atoms with van der Waals surface area (Å²) in [5.74, 6) is -0.706. The van der Waals surface area contributed by atoms with Gasteiger partial charge in [0, 0.05) is 48.0 Å². The van der Waals surface area contributed by atoms with Crippen molar-refractivity contribution >= 4 is 22.7 Å². The lowest BCUT2D eigenvalue weighted by Crippen LogP contribution is -2.59. The lowest BCUT2D eigenvalue weighted by atomic mass is 10.0. The Labute approximate surface area is 180 Å². The Morgan fingerprint density at radius 2 is 1.74 bits per heavy atom. The number of hydrogen-bond donors (Lipinski definition) is 1. The molecular formula is C24H26FN3O3. The number of rotatable bonds is 3. The van der Waals surface area contributed by atoms with Gasteiger partial charge in [-0.05, 0) is 56.5 Å². The molecule has 2 atom stereocenters. The van der Waals surface area contributed by atoms with Crippen molar-refractivity contribution in [2.24, 2.45) is 0 Å². The molecular weight excluding hydrogens is 397 g/mol. The van der Waals surface area contributed by atoms with E-state index in [1.54, 1.807) is 15.9 Å². The second kappa shape index (κ2) is 8.06. The number of amides is 2. The van der Waals surface area contributed by atoms with Crippen molar-refractivity contribution in [1.82, 2.24) is 14.8 Å². The molecule has 1 saturated heterocycles. The zero-order valence-electron chi connectivity index (χ0n) is 18.1. The van der Waals surface area contributed by atoms with Crippen molar-refractivity contribution in [2.75, 3.05) is 20.2 Å². The Kier molecular flexibility index (Phi) is 5.43. The van der Waals surface area contributed by atoms with E-state index in [1.165, 1.54) is 19.2 Å². The van der Waals surface area contributed by atoms with Crippen molar-refractivity contribution in [3.05, 3.63) is 65.1 Å². The fraction of sp³-hybridized carbons (Fsp3) is 0.333. The summed E-state index contributed by atoms with van der Waals surface area (Å²) in [7, 11) is 1.45. The number of halogens is 1. The summed E-state index contributed by atoms with van der Waals surface area (Å²) in [5.41, 5.74) is 2.58. The van der Waals surface area contributed by atoms with E-state index in [9.17, 15) is 14.0 Å². The van der Waals surface area contributed by atoms with Gasteiger partial charge in [-0.1, -0.05) is 6.07 Å². The summed E-state index contributed by atoms with van der Waals surface area (Å²) in [4.78, 5) is 32.9. The van der Waals surface area contributed by atoms with E-state index in [4.69, 9.17) is 4.74 Å². The van der Waals surface area contributed by atoms with Crippen molar-refractivity contribution in [1.29, 1.82) is 0 Å². The second-order valence-corrected chi connectivity index (χ2v) is 8.22. The lowest BCUT2D eigenvalue weighted by molar-refractivity contribution is 0.0251. The highest BCUT2D eigenvalue weighted by atomic mass is 19.1. The van der Waals surface area contributed by atoms with E-state index >= 15 is 0 Å². The standard InChI is InChI=1S/C24H26FN3O3/c1-14-9-17-5-6-18(10-22(17)26-14)23(29)27-12-15(2)28(16(3)13-27)24(30)20-8-7-19(31-4)11-21(20)25/h5-11,15-16,26H,12-13H2,1-4H3/t15-,16-/m1/s1. The van der Waals surface area contributed by atoms with E-state index < -0.39 is 5.82 Å². The van der Waals surface area contributed by atoms with Crippen molar-refractivity contribution in [3.8, 4) is 5.75 Å². The predicted molar refractivity (Wildman–Crippen MR) is 117 cm³/mol. The molecule has 0 spiro atoms. The Hall–Kier alpha value is -3.35. The molecule has 4 rings (SSSR count). The fourth-order valence-corrected chi connectivity index (χ4v) is 4.41. The first-order valence-electron chi connectivity index (χ1n) is 10.3. The lowest BCUT2D eigenvalue weighted by Gasteiger charge is -2.44. The number of benzene rings is 2. The van der Waals surface area contributed by atoms with Gasteiger partial charge >= 0.3 is 0 Å². The molecule has 1 aliphatic rings. The molecule has 1 aromatic heterocycles. The number of aromatic nitrogens is 1. The molecule has 2 aromatic carbocycles. The molecule has 2 amide bonds. The average Bonchev–Trinajstić information content (AvgIpc) is 3.11. The molecule has 0 bridgehead atoms. The first-order valence-corrected chi connectivity index (χ1v) is 10.3. The molecule has 0 radical (unpaired) electrons. The molecule has 3 aromatic rings. The van der Waals surface area contributed by atoms with Crippen LogP contribution in [0.1, 0.15) is 40.3 Å². The van der Waals surface area contributed by atoms with Gasteiger partial charge in [-0.15, -0.1) is 0 Å². The molecule has 1 fully saturated rings. The number of nitrogens with zero attached hydrogens (tertiary/aromatic N) is 2. The molecule has 0 saturated carbocycles. The number of piperazine rings is 1. The average molecular weight is 423 g/mol. The van der Waals surface area contributed by atoms with Crippen LogP contribution in [-0.4, -0.2) is 58.9 Å². The second-order valence-electron chi connectivity index (χ2n) is 8.22. The Morgan fingerprint density at radius 1 is 1.03 bits per heavy atom. The van der Waals surface area contributed by atoms with Crippen LogP contribution in [0.2, 0.25) is 0 Å². The number of ether oxygens (including phenoxy) is 1. The Balaban J connectivity index is 1.52. The van der Waals surface area contributed by atoms with Gasteiger partial charge < -0.3 is 19.5 Å². The highest BCUT2D eigenvalue weighted by Gasteiger charge is 2.36. The molecule has 7 heteroatoms. The van der Waals surface area contributed by atoms with Crippen LogP contribution in [0.25, 0.3) is 10.9 Å². The maximum atomic E-state index is 14.5. The summed E-state index contributed by atoms with van der Waals surface area (Å²) in [6.45, 7) is 6.51. The smallest absolute Gasteiger partial charge is 0.257 e. The van der Waals surface area contributed by atoms with Crippen molar-refractivity contribution in [3.63, 3.8) is 0 Å². The van der Waals surface area contributed by atoms with Gasteiger partial charge in [-0.3, -0.25) is 9.59 Å². The van der Waals surface area contributed by atoms with Crippen LogP contribution in [0.3, 0.4) is 0 Å². The van der Waals surface area contributed by atoms with Gasteiger partial charge in [0.15, 0.2) is 0 Å². The van der Waals surface area contributed by atoms with Crippen LogP contribution in [0, 0.1) is 12.7 Å². The van der Waals surface area contributed by atoms with E-state index in [2.05, 4.69) is 4.98 Å². The number of aryl methyl sites for hydroxylation is 1. The molecule has 1 N–H and O–H groups in total. The molecule has 1 aliphatic heterocycles. The van der Waals surface area contributed by atoms with E-state index in [1.807, 2.05) is 45.0 Å². The first-order chi connectivity index (χ1) is 14.8. The minimum atomic E-state index is -0.614. The molecule has 0 aliphatic carbocycles. The highest BCUT2D eigenvalue weighted by Crippen LogP contribution is 2.25. The zero-order valence-corrected chi connectivity index (χ0v) is 18.1. The van der Waals surface area contributed by atoms with Gasteiger partial charge in [-0.2, -0.15) is 0 Å². The number of aromatic amines is 1. The molecule has 0 unspecified atom stereocenters. The number of hydrogen-bond acceptors (Lipinski definition) is 3. The zero-order chi connectivity index (χ0) is 22.3. The third kappa shape index (κ3) is 3.87. The molecule has 162 valence electrons. The number of methoxy groups -OCH3 is 1. The third-order valence-electron chi connectivity index (χ3n) is 5.85. The van der Waals surface area contributed by atoms with Crippen LogP contribution in [0.15, 0.2) is 42.5 Å². The number of nitrogens with one attached hydrogen (secondary N) is 1. The number of carbonyl (C=O) groups excluding carboxylic acids is 2. The largest absolute Gasteiger partial charge is 0.497 e. The van der Waals surface area contributed by atoms with Crippen LogP contribution in [0.4, 0.5) is 4.39 Å². The van der Waals surface area contributed by atoms with Crippen LogP contribution in [0.5, 0.6) is 5.75 Å². The Bertz CT molecular complexity index is 1140. The minimum absolute atomic E-state index is 0.00634. The van der Waals surface area contributed by atoms with Gasteiger partial charge in [0.2, 0.25) is 0 Å². The van der Waals surface area contributed by atoms with Crippen molar-refractivity contribution < 1.29 is 18.7 Å². The van der Waals surface area contributed by atoms with Gasteiger partial charge in [0.05, 0.1) is 12.7 Å². The quantitative estimate of drug-likeness (QED) is 0.693. The van der Waals surface area contributed by atoms with Crippen LogP contribution >= 0.6 is 0 Å². The summed E-state index contributed by atoms with van der Waals surface area (Å²) in [6, 6.07) is 11.4. The number of H-pyrrole nitrogens is 1. The van der Waals surface area contributed by atoms with Gasteiger partial charge in [-0.25, -0.2) is 4.39 Å². The number of fused-ring (bicyclic) bond motifs is 1. The van der Waals surface area contributed by atoms with E-state index in [0.29, 0.717) is 24.4 Å². The fourth-order valence-electron chi connectivity index (χ4n) is 4.41. The molecule has 2 heterocycles. The summed E-state index contributed by atoms with van der Waals surface area (Å²) in [5, 5.41) is 1.06. The van der Waals surface area contributed by atoms with Crippen molar-refractivity contribution in [2.45, 2.75) is 32.9 Å². The molecule has 6 nitrogen and oxygen atoms in total. The van der Waals surface area contributed by atoms with Crippen LogP contribution in [-0.2, 0) is 0 Å². The number of carbonyl (C=O) groups is 2. The van der Waals surface area contributed by atoms with Gasteiger partial charge in [0.25, 0.3) is 11.8 Å². The molecule has 31 heavy (non-hydrogen) atoms. The topological polar surface area (TPSA) is 65.6 Å². The summed E-state index contributed by atoms with van der Waals surface area (Å²) >= 11 is 0. The Morgan fingerprint density at radius 3 is 2.39 bits per heavy atom. The first kappa shape index (κ1) is 20.9. The van der Waals surface area contributed by atoms with Crippen LogP contribution < -0.4 is 4.74 Å². The van der Waals surface area contributed by atoms with Gasteiger partial charge in [0.1, 0.15) is 11.6 Å². The predicted octanol–water partition coefficient (Wildman–Crippen LogP) is 4.00.